The van der Waals surface area contributed by atoms with E-state index in [1.165, 1.54) is 5.57 Å². The van der Waals surface area contributed by atoms with Gasteiger partial charge in [0.05, 0.1) is 11.6 Å². The van der Waals surface area contributed by atoms with Crippen LogP contribution in [0.1, 0.15) is 53.7 Å². The van der Waals surface area contributed by atoms with Gasteiger partial charge in [0.15, 0.2) is 11.3 Å². The van der Waals surface area contributed by atoms with Gasteiger partial charge >= 0.3 is 0 Å². The van der Waals surface area contributed by atoms with E-state index in [1.54, 1.807) is 60.0 Å². The van der Waals surface area contributed by atoms with Crippen molar-refractivity contribution >= 4 is 11.7 Å². The lowest BCUT2D eigenvalue weighted by Gasteiger charge is -2.60. The number of fused-ring (bicyclic) bond motifs is 2. The molecule has 1 amide bonds. The van der Waals surface area contributed by atoms with Crippen molar-refractivity contribution in [2.24, 2.45) is 23.2 Å². The van der Waals surface area contributed by atoms with Crippen molar-refractivity contribution in [1.29, 1.82) is 5.26 Å². The van der Waals surface area contributed by atoms with Gasteiger partial charge in [-0.1, -0.05) is 26.0 Å². The molecule has 4 aliphatic rings. The van der Waals surface area contributed by atoms with Crippen molar-refractivity contribution in [3.63, 3.8) is 0 Å². The van der Waals surface area contributed by atoms with Crippen LogP contribution in [-0.2, 0) is 10.3 Å². The zero-order valence-electron chi connectivity index (χ0n) is 23.6. The minimum absolute atomic E-state index is 0.123. The normalized spacial score (nSPS) is 25.1. The van der Waals surface area contributed by atoms with Crippen molar-refractivity contribution in [2.45, 2.75) is 32.2 Å². The molecule has 1 aromatic carbocycles. The summed E-state index contributed by atoms with van der Waals surface area (Å²) in [6.07, 6.45) is 10.4. The monoisotopic (exact) mass is 543 g/mol. The van der Waals surface area contributed by atoms with Gasteiger partial charge in [-0.3, -0.25) is 24.5 Å². The molecule has 4 fully saturated rings. The fraction of sp³-hybridized carbons (Fsp3) is 0.324. The quantitative estimate of drug-likeness (QED) is 0.237. The van der Waals surface area contributed by atoms with Gasteiger partial charge in [-0.25, -0.2) is 0 Å². The Morgan fingerprint density at radius 3 is 2.12 bits per heavy atom. The maximum absolute atomic E-state index is 14.9. The smallest absolute Gasteiger partial charge is 0.263 e. The van der Waals surface area contributed by atoms with Gasteiger partial charge < -0.3 is 4.90 Å². The molecule has 41 heavy (non-hydrogen) atoms. The Bertz CT molecular complexity index is 1550. The summed E-state index contributed by atoms with van der Waals surface area (Å²) in [5, 5.41) is 9.19. The predicted octanol–water partition coefficient (Wildman–Crippen LogP) is 5.33. The van der Waals surface area contributed by atoms with Crippen LogP contribution < -0.4 is 0 Å². The highest BCUT2D eigenvalue weighted by Crippen LogP contribution is 2.62. The second kappa shape index (κ2) is 9.81. The zero-order chi connectivity index (χ0) is 28.9. The molecule has 7 nitrogen and oxygen atoms in total. The molecule has 2 bridgehead atoms. The number of hydrogen-bond acceptors (Lipinski definition) is 6. The van der Waals surface area contributed by atoms with E-state index in [4.69, 9.17) is 0 Å². The van der Waals surface area contributed by atoms with E-state index in [2.05, 4.69) is 36.5 Å². The SMILES string of the molecule is C=C1C(CN2C(=O)C(c3ccncc3)(c3ccncc3)N(C)C2=CC(=O)c2ccc(C#N)cc2)CC2CC1C2(C)C. The van der Waals surface area contributed by atoms with Gasteiger partial charge in [0.25, 0.3) is 5.91 Å². The number of carbonyl (C=O) groups is 2. The highest BCUT2D eigenvalue weighted by Gasteiger charge is 2.59. The first kappa shape index (κ1) is 26.6. The predicted molar refractivity (Wildman–Crippen MR) is 155 cm³/mol. The summed E-state index contributed by atoms with van der Waals surface area (Å²) in [6.45, 7) is 9.61. The third-order valence-electron chi connectivity index (χ3n) is 9.85. The maximum Gasteiger partial charge on any atom is 0.263 e. The number of nitriles is 1. The van der Waals surface area contributed by atoms with Crippen molar-refractivity contribution < 1.29 is 9.59 Å². The Morgan fingerprint density at radius 2 is 1.61 bits per heavy atom. The summed E-state index contributed by atoms with van der Waals surface area (Å²) in [5.74, 6) is 1.35. The number of amides is 1. The van der Waals surface area contributed by atoms with E-state index in [1.807, 2.05) is 36.2 Å². The van der Waals surface area contributed by atoms with Crippen LogP contribution in [0.15, 0.2) is 97.4 Å². The second-order valence-corrected chi connectivity index (χ2v) is 12.0. The van der Waals surface area contributed by atoms with Crippen molar-refractivity contribution in [1.82, 2.24) is 19.8 Å². The topological polar surface area (TPSA) is 90.2 Å². The van der Waals surface area contributed by atoms with Gasteiger partial charge in [-0.05, 0) is 95.7 Å². The number of nitrogens with zero attached hydrogens (tertiary/aromatic N) is 5. The molecule has 0 radical (unpaired) electrons. The molecule has 1 aliphatic heterocycles. The first-order valence-electron chi connectivity index (χ1n) is 14.0. The first-order valence-corrected chi connectivity index (χ1v) is 14.0. The van der Waals surface area contributed by atoms with E-state index in [0.29, 0.717) is 35.3 Å². The lowest BCUT2D eigenvalue weighted by atomic mass is 9.45. The summed E-state index contributed by atoms with van der Waals surface area (Å²) >= 11 is 0. The molecular formula is C34H33N5O2. The summed E-state index contributed by atoms with van der Waals surface area (Å²) in [5.41, 5.74) is 2.69. The minimum Gasteiger partial charge on any atom is -0.339 e. The molecule has 3 saturated carbocycles. The molecule has 3 atom stereocenters. The van der Waals surface area contributed by atoms with Gasteiger partial charge in [0, 0.05) is 50.0 Å². The van der Waals surface area contributed by atoms with Crippen LogP contribution >= 0.6 is 0 Å². The molecule has 7 rings (SSSR count). The number of likely N-dealkylation sites (N-methyl/N-ethyl adjacent to an activating group) is 1. The Morgan fingerprint density at radius 1 is 1.02 bits per heavy atom. The first-order chi connectivity index (χ1) is 19.7. The fourth-order valence-corrected chi connectivity index (χ4v) is 7.28. The molecule has 206 valence electrons. The van der Waals surface area contributed by atoms with E-state index in [9.17, 15) is 14.9 Å². The number of hydrogen-bond donors (Lipinski definition) is 0. The molecule has 3 unspecified atom stereocenters. The Balaban J connectivity index is 1.47. The van der Waals surface area contributed by atoms with Gasteiger partial charge in [0.1, 0.15) is 5.82 Å². The fourth-order valence-electron chi connectivity index (χ4n) is 7.28. The maximum atomic E-state index is 14.9. The lowest BCUT2D eigenvalue weighted by molar-refractivity contribution is -0.133. The molecule has 0 N–H and O–H groups in total. The van der Waals surface area contributed by atoms with Crippen molar-refractivity contribution in [3.8, 4) is 6.07 Å². The Labute approximate surface area is 240 Å². The Kier molecular flexibility index (Phi) is 6.37. The van der Waals surface area contributed by atoms with Crippen LogP contribution in [0, 0.1) is 34.5 Å². The average molecular weight is 544 g/mol. The zero-order valence-corrected chi connectivity index (χ0v) is 23.6. The van der Waals surface area contributed by atoms with E-state index in [-0.39, 0.29) is 23.0 Å². The number of benzene rings is 1. The number of carbonyl (C=O) groups excluding carboxylic acids is 2. The van der Waals surface area contributed by atoms with Crippen molar-refractivity contribution in [3.05, 3.63) is 120 Å². The van der Waals surface area contributed by atoms with Crippen LogP contribution in [0.4, 0.5) is 0 Å². The third-order valence-corrected chi connectivity index (χ3v) is 9.85. The molecular weight excluding hydrogens is 510 g/mol. The second-order valence-electron chi connectivity index (χ2n) is 12.0. The van der Waals surface area contributed by atoms with Crippen LogP contribution in [-0.4, -0.2) is 45.1 Å². The summed E-state index contributed by atoms with van der Waals surface area (Å²) in [6, 6.07) is 16.1. The highest BCUT2D eigenvalue weighted by molar-refractivity contribution is 6.06. The molecule has 3 aromatic rings. The number of aromatic nitrogens is 2. The molecule has 2 aromatic heterocycles. The average Bonchev–Trinajstić information content (AvgIpc) is 3.20. The largest absolute Gasteiger partial charge is 0.339 e. The molecule has 0 spiro atoms. The van der Waals surface area contributed by atoms with E-state index >= 15 is 0 Å². The van der Waals surface area contributed by atoms with Gasteiger partial charge in [0.2, 0.25) is 0 Å². The Hall–Kier alpha value is -4.57. The van der Waals surface area contributed by atoms with Gasteiger partial charge in [-0.2, -0.15) is 5.26 Å². The summed E-state index contributed by atoms with van der Waals surface area (Å²) < 4.78 is 0. The van der Waals surface area contributed by atoms with Crippen LogP contribution in [0.5, 0.6) is 0 Å². The summed E-state index contributed by atoms with van der Waals surface area (Å²) in [7, 11) is 1.87. The molecule has 3 heterocycles. The highest BCUT2D eigenvalue weighted by atomic mass is 16.2. The van der Waals surface area contributed by atoms with Crippen LogP contribution in [0.2, 0.25) is 0 Å². The standard InChI is InChI=1S/C34H33N5O2/c1-22-25(17-28-18-29(22)33(28,2)3)21-39-31(19-30(40)24-7-5-23(20-35)6-8-24)38(4)34(32(39)41,26-9-13-36-14-10-26)27-11-15-37-16-12-27/h5-16,19,25,28-29H,1,17-18,21H2,2-4H3. The molecule has 7 heteroatoms. The molecule has 3 aliphatic carbocycles. The number of ketones is 1. The van der Waals surface area contributed by atoms with Crippen LogP contribution in [0.3, 0.4) is 0 Å². The van der Waals surface area contributed by atoms with Crippen LogP contribution in [0.25, 0.3) is 0 Å². The van der Waals surface area contributed by atoms with E-state index in [0.717, 1.165) is 24.0 Å². The minimum atomic E-state index is -1.21. The third kappa shape index (κ3) is 4.01. The number of pyridine rings is 2. The number of rotatable bonds is 6. The summed E-state index contributed by atoms with van der Waals surface area (Å²) in [4.78, 5) is 40.6. The lowest BCUT2D eigenvalue weighted by Crippen LogP contribution is -2.53. The van der Waals surface area contributed by atoms with Gasteiger partial charge in [-0.15, -0.1) is 0 Å². The van der Waals surface area contributed by atoms with E-state index < -0.39 is 5.54 Å². The van der Waals surface area contributed by atoms with Crippen molar-refractivity contribution in [2.75, 3.05) is 13.6 Å². The number of allylic oxidation sites excluding steroid dienone is 1. The molecule has 1 saturated heterocycles.